The zero-order chi connectivity index (χ0) is 8.39. The van der Waals surface area contributed by atoms with E-state index in [2.05, 4.69) is 10.5 Å². The van der Waals surface area contributed by atoms with Gasteiger partial charge in [0, 0.05) is 12.6 Å². The Kier molecular flexibility index (Phi) is 1.78. The summed E-state index contributed by atoms with van der Waals surface area (Å²) in [6, 6.07) is 6.74. The van der Waals surface area contributed by atoms with Crippen LogP contribution in [0, 0.1) is 5.82 Å². The van der Waals surface area contributed by atoms with Crippen LogP contribution in [0.5, 0.6) is 0 Å². The second-order valence-electron chi connectivity index (χ2n) is 2.78. The van der Waals surface area contributed by atoms with E-state index in [1.807, 2.05) is 6.07 Å². The molecule has 1 N–H and O–H groups in total. The van der Waals surface area contributed by atoms with Gasteiger partial charge in [0.15, 0.2) is 0 Å². The molecule has 0 spiro atoms. The van der Waals surface area contributed by atoms with Gasteiger partial charge in [-0.3, -0.25) is 0 Å². The van der Waals surface area contributed by atoms with Gasteiger partial charge in [0.25, 0.3) is 0 Å². The number of hydrogen-bond acceptors (Lipinski definition) is 2. The fourth-order valence-corrected chi connectivity index (χ4v) is 1.29. The summed E-state index contributed by atoms with van der Waals surface area (Å²) in [7, 11) is 0. The predicted octanol–water partition coefficient (Wildman–Crippen LogP) is 1.85. The Balaban J connectivity index is 2.22. The molecule has 1 heterocycles. The van der Waals surface area contributed by atoms with Crippen molar-refractivity contribution < 1.29 is 4.39 Å². The maximum absolute atomic E-state index is 12.8. The van der Waals surface area contributed by atoms with Crippen molar-refractivity contribution in [3.63, 3.8) is 0 Å². The Morgan fingerprint density at radius 2 is 2.42 bits per heavy atom. The average Bonchev–Trinajstić information content (AvgIpc) is 2.56. The summed E-state index contributed by atoms with van der Waals surface area (Å²) in [6.45, 7) is 0. The number of rotatable bonds is 1. The van der Waals surface area contributed by atoms with Crippen LogP contribution in [-0.4, -0.2) is 6.21 Å². The molecule has 1 atom stereocenters. The Morgan fingerprint density at radius 1 is 1.50 bits per heavy atom. The van der Waals surface area contributed by atoms with Crippen LogP contribution in [0.3, 0.4) is 0 Å². The van der Waals surface area contributed by atoms with Gasteiger partial charge >= 0.3 is 0 Å². The van der Waals surface area contributed by atoms with Gasteiger partial charge in [-0.05, 0) is 17.7 Å². The topological polar surface area (TPSA) is 24.4 Å². The fraction of sp³-hybridized carbons (Fsp3) is 0.222. The van der Waals surface area contributed by atoms with Crippen molar-refractivity contribution in [1.82, 2.24) is 5.43 Å². The third-order valence-electron chi connectivity index (χ3n) is 1.91. The Bertz CT molecular complexity index is 301. The first-order chi connectivity index (χ1) is 5.86. The summed E-state index contributed by atoms with van der Waals surface area (Å²) in [4.78, 5) is 0. The smallest absolute Gasteiger partial charge is 0.123 e. The van der Waals surface area contributed by atoms with Gasteiger partial charge in [0.1, 0.15) is 5.82 Å². The van der Waals surface area contributed by atoms with Crippen molar-refractivity contribution in [3.05, 3.63) is 35.6 Å². The largest absolute Gasteiger partial charge is 0.303 e. The van der Waals surface area contributed by atoms with Gasteiger partial charge in [-0.1, -0.05) is 12.1 Å². The van der Waals surface area contributed by atoms with Gasteiger partial charge in [0.2, 0.25) is 0 Å². The Hall–Kier alpha value is -1.38. The summed E-state index contributed by atoms with van der Waals surface area (Å²) in [5, 5.41) is 3.87. The lowest BCUT2D eigenvalue weighted by molar-refractivity contribution is 0.596. The second-order valence-corrected chi connectivity index (χ2v) is 2.78. The standard InChI is InChI=1S/C9H9FN2/c10-8-3-1-2-7(6-8)9-4-5-11-12-9/h1-3,5-6,9,12H,4H2. The number of hydrogen-bond donors (Lipinski definition) is 1. The van der Waals surface area contributed by atoms with Gasteiger partial charge < -0.3 is 5.43 Å². The minimum absolute atomic E-state index is 0.153. The Labute approximate surface area is 70.1 Å². The lowest BCUT2D eigenvalue weighted by atomic mass is 10.1. The molecule has 3 heteroatoms. The highest BCUT2D eigenvalue weighted by Gasteiger charge is 2.12. The summed E-state index contributed by atoms with van der Waals surface area (Å²) >= 11 is 0. The molecule has 1 aromatic carbocycles. The molecule has 1 aliphatic rings. The molecular formula is C9H9FN2. The highest BCUT2D eigenvalue weighted by Crippen LogP contribution is 2.19. The van der Waals surface area contributed by atoms with Crippen molar-refractivity contribution in [2.75, 3.05) is 0 Å². The zero-order valence-corrected chi connectivity index (χ0v) is 6.50. The van der Waals surface area contributed by atoms with Crippen LogP contribution in [0.1, 0.15) is 18.0 Å². The monoisotopic (exact) mass is 164 g/mol. The normalized spacial score (nSPS) is 20.9. The molecule has 0 saturated heterocycles. The molecule has 0 bridgehead atoms. The molecule has 1 unspecified atom stereocenters. The summed E-state index contributed by atoms with van der Waals surface area (Å²) in [5.41, 5.74) is 3.85. The minimum Gasteiger partial charge on any atom is -0.303 e. The molecule has 62 valence electrons. The van der Waals surface area contributed by atoms with Gasteiger partial charge in [0.05, 0.1) is 6.04 Å². The molecule has 1 aliphatic heterocycles. The van der Waals surface area contributed by atoms with E-state index >= 15 is 0 Å². The van der Waals surface area contributed by atoms with Gasteiger partial charge in [-0.25, -0.2) is 4.39 Å². The molecule has 2 rings (SSSR count). The maximum Gasteiger partial charge on any atom is 0.123 e. The van der Waals surface area contributed by atoms with Gasteiger partial charge in [-0.2, -0.15) is 5.10 Å². The van der Waals surface area contributed by atoms with Crippen molar-refractivity contribution in [2.45, 2.75) is 12.5 Å². The van der Waals surface area contributed by atoms with Crippen LogP contribution in [0.4, 0.5) is 4.39 Å². The van der Waals surface area contributed by atoms with Crippen LogP contribution in [-0.2, 0) is 0 Å². The van der Waals surface area contributed by atoms with Crippen LogP contribution in [0.25, 0.3) is 0 Å². The zero-order valence-electron chi connectivity index (χ0n) is 6.50. The van der Waals surface area contributed by atoms with Crippen LogP contribution < -0.4 is 5.43 Å². The van der Waals surface area contributed by atoms with E-state index < -0.39 is 0 Å². The average molecular weight is 164 g/mol. The highest BCUT2D eigenvalue weighted by atomic mass is 19.1. The molecule has 0 fully saturated rings. The minimum atomic E-state index is -0.193. The number of halogens is 1. The lowest BCUT2D eigenvalue weighted by Crippen LogP contribution is -2.09. The van der Waals surface area contributed by atoms with Crippen molar-refractivity contribution >= 4 is 6.21 Å². The third-order valence-corrected chi connectivity index (χ3v) is 1.91. The lowest BCUT2D eigenvalue weighted by Gasteiger charge is -2.08. The second kappa shape index (κ2) is 2.93. The summed E-state index contributed by atoms with van der Waals surface area (Å²) in [6.07, 6.45) is 2.64. The van der Waals surface area contributed by atoms with Crippen LogP contribution >= 0.6 is 0 Å². The van der Waals surface area contributed by atoms with Crippen LogP contribution in [0.2, 0.25) is 0 Å². The number of benzene rings is 1. The van der Waals surface area contributed by atoms with Crippen molar-refractivity contribution in [1.29, 1.82) is 0 Å². The molecule has 1 aromatic rings. The van der Waals surface area contributed by atoms with E-state index in [-0.39, 0.29) is 11.9 Å². The van der Waals surface area contributed by atoms with Crippen LogP contribution in [0.15, 0.2) is 29.4 Å². The van der Waals surface area contributed by atoms with E-state index in [4.69, 9.17) is 0 Å². The van der Waals surface area contributed by atoms with E-state index in [1.54, 1.807) is 12.3 Å². The molecule has 12 heavy (non-hydrogen) atoms. The summed E-state index contributed by atoms with van der Waals surface area (Å²) in [5.74, 6) is -0.193. The molecule has 0 amide bonds. The predicted molar refractivity (Wildman–Crippen MR) is 45.4 cm³/mol. The molecule has 0 aromatic heterocycles. The summed E-state index contributed by atoms with van der Waals surface area (Å²) < 4.78 is 12.8. The maximum atomic E-state index is 12.8. The first-order valence-electron chi connectivity index (χ1n) is 3.89. The molecular weight excluding hydrogens is 155 g/mol. The fourth-order valence-electron chi connectivity index (χ4n) is 1.29. The quantitative estimate of drug-likeness (QED) is 0.673. The van der Waals surface area contributed by atoms with E-state index in [0.29, 0.717) is 0 Å². The first kappa shape index (κ1) is 7.28. The molecule has 0 radical (unpaired) electrons. The number of hydrazone groups is 1. The van der Waals surface area contributed by atoms with E-state index in [9.17, 15) is 4.39 Å². The Morgan fingerprint density at radius 3 is 3.08 bits per heavy atom. The third kappa shape index (κ3) is 1.30. The number of nitrogens with zero attached hydrogens (tertiary/aromatic N) is 1. The SMILES string of the molecule is Fc1cccc(C2CC=NN2)c1. The van der Waals surface area contributed by atoms with Crippen molar-refractivity contribution in [2.24, 2.45) is 5.10 Å². The molecule has 2 nitrogen and oxygen atoms in total. The van der Waals surface area contributed by atoms with E-state index in [1.165, 1.54) is 12.1 Å². The van der Waals surface area contributed by atoms with Crippen molar-refractivity contribution in [3.8, 4) is 0 Å². The number of nitrogens with one attached hydrogen (secondary N) is 1. The first-order valence-corrected chi connectivity index (χ1v) is 3.89. The molecule has 0 aliphatic carbocycles. The van der Waals surface area contributed by atoms with E-state index in [0.717, 1.165) is 12.0 Å². The highest BCUT2D eigenvalue weighted by molar-refractivity contribution is 5.60. The molecule has 0 saturated carbocycles. The van der Waals surface area contributed by atoms with Gasteiger partial charge in [-0.15, -0.1) is 0 Å².